The maximum Gasteiger partial charge on any atom is 0.261 e. The number of amides is 1. The van der Waals surface area contributed by atoms with E-state index in [-0.39, 0.29) is 12.0 Å². The van der Waals surface area contributed by atoms with Gasteiger partial charge in [-0.1, -0.05) is 37.1 Å². The Hall–Kier alpha value is -1.69. The van der Waals surface area contributed by atoms with Gasteiger partial charge in [-0.3, -0.25) is 9.69 Å². The van der Waals surface area contributed by atoms with Crippen molar-refractivity contribution in [2.24, 2.45) is 0 Å². The minimum absolute atomic E-state index is 0.0534. The molecule has 0 atom stereocenters. The second kappa shape index (κ2) is 9.88. The smallest absolute Gasteiger partial charge is 0.261 e. The third kappa shape index (κ3) is 5.68. The molecular weight excluding hydrogens is 380 g/mol. The summed E-state index contributed by atoms with van der Waals surface area (Å²) in [7, 11) is 0. The van der Waals surface area contributed by atoms with Gasteiger partial charge in [-0.15, -0.1) is 11.3 Å². The molecule has 2 heterocycles. The number of carbonyl (C=O) groups excluding carboxylic acids is 1. The van der Waals surface area contributed by atoms with E-state index in [1.54, 1.807) is 11.3 Å². The van der Waals surface area contributed by atoms with Crippen LogP contribution in [0.4, 0.5) is 0 Å². The van der Waals surface area contributed by atoms with Crippen LogP contribution < -0.4 is 5.32 Å². The largest absolute Gasteiger partial charge is 0.393 e. The number of aliphatic hydroxyl groups is 1. The zero-order chi connectivity index (χ0) is 20.1. The summed E-state index contributed by atoms with van der Waals surface area (Å²) in [6.07, 6.45) is 8.99. The molecular formula is C24H32N2O2S. The highest BCUT2D eigenvalue weighted by molar-refractivity contribution is 7.14. The molecule has 0 bridgehead atoms. The van der Waals surface area contributed by atoms with Crippen molar-refractivity contribution in [1.29, 1.82) is 0 Å². The van der Waals surface area contributed by atoms with Gasteiger partial charge >= 0.3 is 0 Å². The van der Waals surface area contributed by atoms with Crippen molar-refractivity contribution in [2.75, 3.05) is 13.1 Å². The van der Waals surface area contributed by atoms with Crippen LogP contribution in [0, 0.1) is 0 Å². The van der Waals surface area contributed by atoms with E-state index in [1.165, 1.54) is 41.7 Å². The fourth-order valence-corrected chi connectivity index (χ4v) is 5.49. The summed E-state index contributed by atoms with van der Waals surface area (Å²) in [6, 6.07) is 10.7. The minimum atomic E-state index is -0.125. The van der Waals surface area contributed by atoms with Gasteiger partial charge < -0.3 is 10.4 Å². The molecule has 4 nitrogen and oxygen atoms in total. The molecule has 0 unspecified atom stereocenters. The average Bonchev–Trinajstić information content (AvgIpc) is 3.11. The number of rotatable bonds is 5. The first-order valence-corrected chi connectivity index (χ1v) is 11.9. The number of benzene rings is 1. The summed E-state index contributed by atoms with van der Waals surface area (Å²) >= 11 is 1.69. The van der Waals surface area contributed by atoms with E-state index in [2.05, 4.69) is 40.5 Å². The van der Waals surface area contributed by atoms with E-state index in [9.17, 15) is 9.90 Å². The lowest BCUT2D eigenvalue weighted by Crippen LogP contribution is -2.35. The molecule has 1 aliphatic heterocycles. The summed E-state index contributed by atoms with van der Waals surface area (Å²) in [4.78, 5) is 17.3. The third-order valence-corrected chi connectivity index (χ3v) is 7.40. The topological polar surface area (TPSA) is 52.6 Å². The van der Waals surface area contributed by atoms with Crippen LogP contribution in [0.2, 0.25) is 0 Å². The van der Waals surface area contributed by atoms with E-state index in [0.29, 0.717) is 6.54 Å². The Labute approximate surface area is 177 Å². The number of aliphatic hydroxyl groups excluding tert-OH is 1. The molecule has 0 radical (unpaired) electrons. The van der Waals surface area contributed by atoms with E-state index in [0.717, 1.165) is 55.8 Å². The Kier molecular flexibility index (Phi) is 7.01. The van der Waals surface area contributed by atoms with Gasteiger partial charge in [0.05, 0.1) is 11.0 Å². The van der Waals surface area contributed by atoms with E-state index in [4.69, 9.17) is 0 Å². The number of hydrogen-bond donors (Lipinski definition) is 2. The van der Waals surface area contributed by atoms with E-state index < -0.39 is 0 Å². The Morgan fingerprint density at radius 1 is 1.03 bits per heavy atom. The zero-order valence-electron chi connectivity index (χ0n) is 17.2. The Bertz CT molecular complexity index is 781. The number of thiophene rings is 1. The molecule has 1 amide bonds. The molecule has 1 saturated heterocycles. The second-order valence-corrected chi connectivity index (χ2v) is 9.62. The third-order valence-electron chi connectivity index (χ3n) is 6.16. The quantitative estimate of drug-likeness (QED) is 0.770. The summed E-state index contributed by atoms with van der Waals surface area (Å²) in [5, 5.41) is 12.7. The maximum absolute atomic E-state index is 12.6. The van der Waals surface area contributed by atoms with Crippen molar-refractivity contribution in [2.45, 2.75) is 70.6 Å². The number of hydrogen-bond acceptors (Lipinski definition) is 4. The molecule has 5 heteroatoms. The fraction of sp³-hybridized carbons (Fsp3) is 0.542. The number of aryl methyl sites for hydroxylation is 2. The second-order valence-electron chi connectivity index (χ2n) is 8.48. The summed E-state index contributed by atoms with van der Waals surface area (Å²) in [6.45, 7) is 3.42. The maximum atomic E-state index is 12.6. The predicted molar refractivity (Wildman–Crippen MR) is 118 cm³/mol. The predicted octanol–water partition coefficient (Wildman–Crippen LogP) is 4.29. The first-order chi connectivity index (χ1) is 14.2. The van der Waals surface area contributed by atoms with E-state index >= 15 is 0 Å². The van der Waals surface area contributed by atoms with Gasteiger partial charge in [0.25, 0.3) is 5.91 Å². The number of nitrogens with zero attached hydrogens (tertiary/aromatic N) is 1. The summed E-state index contributed by atoms with van der Waals surface area (Å²) < 4.78 is 0. The summed E-state index contributed by atoms with van der Waals surface area (Å²) in [5.41, 5.74) is 3.81. The average molecular weight is 413 g/mol. The van der Waals surface area contributed by atoms with Gasteiger partial charge in [-0.05, 0) is 61.3 Å². The minimum Gasteiger partial charge on any atom is -0.393 e. The van der Waals surface area contributed by atoms with Crippen molar-refractivity contribution >= 4 is 17.2 Å². The highest BCUT2D eigenvalue weighted by atomic mass is 32.1. The van der Waals surface area contributed by atoms with Crippen LogP contribution in [0.3, 0.4) is 0 Å². The molecule has 2 N–H and O–H groups in total. The molecule has 0 saturated carbocycles. The Balaban J connectivity index is 1.28. The number of piperidine rings is 1. The van der Waals surface area contributed by atoms with Gasteiger partial charge in [-0.2, -0.15) is 0 Å². The Morgan fingerprint density at radius 2 is 1.72 bits per heavy atom. The molecule has 0 spiro atoms. The number of carbonyl (C=O) groups is 1. The molecule has 4 rings (SSSR count). The summed E-state index contributed by atoms with van der Waals surface area (Å²) in [5.74, 6) is 0.0534. The molecule has 1 aromatic carbocycles. The van der Waals surface area contributed by atoms with Crippen molar-refractivity contribution in [3.05, 3.63) is 56.8 Å². The SMILES string of the molecule is O=C(NCc1ccc(CN2CCC(O)CC2)cc1)c1cc2c(s1)CCCCCC2. The molecule has 1 aliphatic carbocycles. The zero-order valence-corrected chi connectivity index (χ0v) is 18.0. The molecule has 2 aliphatic rings. The van der Waals surface area contributed by atoms with Crippen LogP contribution >= 0.6 is 11.3 Å². The van der Waals surface area contributed by atoms with Crippen LogP contribution in [0.1, 0.15) is 69.8 Å². The fourth-order valence-electron chi connectivity index (χ4n) is 4.32. The van der Waals surface area contributed by atoms with Gasteiger partial charge in [0, 0.05) is 31.1 Å². The van der Waals surface area contributed by atoms with Crippen LogP contribution in [0.5, 0.6) is 0 Å². The first kappa shape index (κ1) is 20.6. The van der Waals surface area contributed by atoms with Gasteiger partial charge in [0.1, 0.15) is 0 Å². The first-order valence-electron chi connectivity index (χ1n) is 11.1. The standard InChI is InChI=1S/C24H32N2O2S/c27-21-11-13-26(14-12-21)17-19-9-7-18(8-10-19)16-25-24(28)23-15-20-5-3-1-2-4-6-22(20)29-23/h7-10,15,21,27H,1-6,11-14,16-17H2,(H,25,28). The van der Waals surface area contributed by atoms with Gasteiger partial charge in [0.15, 0.2) is 0 Å². The van der Waals surface area contributed by atoms with Crippen LogP contribution in [0.25, 0.3) is 0 Å². The van der Waals surface area contributed by atoms with Gasteiger partial charge in [0.2, 0.25) is 0 Å². The molecule has 1 aromatic heterocycles. The van der Waals surface area contributed by atoms with Gasteiger partial charge in [-0.25, -0.2) is 0 Å². The number of nitrogens with one attached hydrogen (secondary N) is 1. The van der Waals surface area contributed by atoms with Crippen LogP contribution in [-0.2, 0) is 25.9 Å². The molecule has 156 valence electrons. The van der Waals surface area contributed by atoms with Crippen molar-refractivity contribution in [1.82, 2.24) is 10.2 Å². The van der Waals surface area contributed by atoms with Crippen molar-refractivity contribution < 1.29 is 9.90 Å². The van der Waals surface area contributed by atoms with Crippen LogP contribution in [-0.4, -0.2) is 35.1 Å². The molecule has 2 aromatic rings. The molecule has 1 fully saturated rings. The monoisotopic (exact) mass is 412 g/mol. The van der Waals surface area contributed by atoms with E-state index in [1.807, 2.05) is 0 Å². The van der Waals surface area contributed by atoms with Crippen LogP contribution in [0.15, 0.2) is 30.3 Å². The Morgan fingerprint density at radius 3 is 2.48 bits per heavy atom. The number of likely N-dealkylation sites (tertiary alicyclic amines) is 1. The lowest BCUT2D eigenvalue weighted by atomic mass is 10.00. The lowest BCUT2D eigenvalue weighted by Gasteiger charge is -2.29. The highest BCUT2D eigenvalue weighted by Gasteiger charge is 2.17. The molecule has 29 heavy (non-hydrogen) atoms. The lowest BCUT2D eigenvalue weighted by molar-refractivity contribution is 0.0792. The van der Waals surface area contributed by atoms with Crippen molar-refractivity contribution in [3.63, 3.8) is 0 Å². The van der Waals surface area contributed by atoms with Crippen molar-refractivity contribution in [3.8, 4) is 0 Å². The highest BCUT2D eigenvalue weighted by Crippen LogP contribution is 2.28. The normalized spacial score (nSPS) is 18.7. The number of fused-ring (bicyclic) bond motifs is 1.